The fourth-order valence-corrected chi connectivity index (χ4v) is 2.75. The van der Waals surface area contributed by atoms with E-state index in [4.69, 9.17) is 9.25 Å². The first kappa shape index (κ1) is 9.94. The molecule has 1 saturated carbocycles. The third kappa shape index (κ3) is 1.86. The molecule has 1 aliphatic carbocycles. The molecule has 0 bridgehead atoms. The van der Waals surface area contributed by atoms with Crippen LogP contribution in [0.2, 0.25) is 0 Å². The van der Waals surface area contributed by atoms with Gasteiger partial charge in [0.15, 0.2) is 0 Å². The van der Waals surface area contributed by atoms with E-state index in [1.54, 1.807) is 12.5 Å². The van der Waals surface area contributed by atoms with Gasteiger partial charge in [-0.25, -0.2) is 0 Å². The Kier molecular flexibility index (Phi) is 2.68. The minimum absolute atomic E-state index is 0.310. The van der Waals surface area contributed by atoms with Crippen molar-refractivity contribution in [1.82, 2.24) is 0 Å². The molecule has 3 heteroatoms. The second-order valence-corrected chi connectivity index (χ2v) is 4.80. The SMILES string of the molecule is c1cc(C2=NOC(C3CCCCC3)C2)co1. The zero-order valence-corrected chi connectivity index (χ0v) is 9.39. The molecule has 0 spiro atoms. The Morgan fingerprint density at radius 1 is 1.19 bits per heavy atom. The fourth-order valence-electron chi connectivity index (χ4n) is 2.75. The largest absolute Gasteiger partial charge is 0.472 e. The molecule has 1 aromatic rings. The van der Waals surface area contributed by atoms with Crippen LogP contribution in [-0.4, -0.2) is 11.8 Å². The summed E-state index contributed by atoms with van der Waals surface area (Å²) < 4.78 is 5.07. The van der Waals surface area contributed by atoms with Crippen molar-refractivity contribution in [3.05, 3.63) is 24.2 Å². The highest BCUT2D eigenvalue weighted by Gasteiger charge is 2.31. The maximum Gasteiger partial charge on any atom is 0.136 e. The summed E-state index contributed by atoms with van der Waals surface area (Å²) >= 11 is 0. The lowest BCUT2D eigenvalue weighted by Crippen LogP contribution is -2.23. The Morgan fingerprint density at radius 3 is 2.81 bits per heavy atom. The summed E-state index contributed by atoms with van der Waals surface area (Å²) in [5.74, 6) is 0.710. The van der Waals surface area contributed by atoms with E-state index in [2.05, 4.69) is 5.16 Å². The summed E-state index contributed by atoms with van der Waals surface area (Å²) in [5, 5.41) is 4.19. The summed E-state index contributed by atoms with van der Waals surface area (Å²) in [7, 11) is 0. The average molecular weight is 219 g/mol. The molecule has 16 heavy (non-hydrogen) atoms. The summed E-state index contributed by atoms with van der Waals surface area (Å²) in [6.07, 6.45) is 11.4. The van der Waals surface area contributed by atoms with E-state index in [0.29, 0.717) is 12.0 Å². The molecular weight excluding hydrogens is 202 g/mol. The van der Waals surface area contributed by atoms with E-state index >= 15 is 0 Å². The van der Waals surface area contributed by atoms with Gasteiger partial charge in [0.1, 0.15) is 6.10 Å². The second-order valence-electron chi connectivity index (χ2n) is 4.80. The van der Waals surface area contributed by atoms with E-state index in [1.165, 1.54) is 32.1 Å². The Balaban J connectivity index is 1.63. The lowest BCUT2D eigenvalue weighted by Gasteiger charge is -2.25. The monoisotopic (exact) mass is 219 g/mol. The molecule has 2 heterocycles. The van der Waals surface area contributed by atoms with Crippen molar-refractivity contribution >= 4 is 5.71 Å². The zero-order chi connectivity index (χ0) is 10.8. The van der Waals surface area contributed by atoms with Crippen LogP contribution in [0, 0.1) is 5.92 Å². The molecule has 1 fully saturated rings. The molecule has 0 amide bonds. The molecule has 2 aliphatic rings. The predicted octanol–water partition coefficient (Wildman–Crippen LogP) is 3.35. The summed E-state index contributed by atoms with van der Waals surface area (Å²) in [6.45, 7) is 0. The highest BCUT2D eigenvalue weighted by molar-refractivity contribution is 6.00. The maximum atomic E-state index is 5.58. The first-order valence-corrected chi connectivity index (χ1v) is 6.19. The molecule has 0 radical (unpaired) electrons. The van der Waals surface area contributed by atoms with Crippen molar-refractivity contribution in [3.63, 3.8) is 0 Å². The smallest absolute Gasteiger partial charge is 0.136 e. The Morgan fingerprint density at radius 2 is 2.06 bits per heavy atom. The van der Waals surface area contributed by atoms with Gasteiger partial charge in [-0.05, 0) is 24.8 Å². The number of hydrogen-bond donors (Lipinski definition) is 0. The molecule has 1 aromatic heterocycles. The van der Waals surface area contributed by atoms with Crippen molar-refractivity contribution in [3.8, 4) is 0 Å². The van der Waals surface area contributed by atoms with E-state index in [0.717, 1.165) is 17.7 Å². The second kappa shape index (κ2) is 4.32. The predicted molar refractivity (Wildman–Crippen MR) is 61.3 cm³/mol. The maximum absolute atomic E-state index is 5.58. The summed E-state index contributed by atoms with van der Waals surface area (Å²) in [4.78, 5) is 5.58. The van der Waals surface area contributed by atoms with E-state index in [9.17, 15) is 0 Å². The van der Waals surface area contributed by atoms with Crippen LogP contribution < -0.4 is 0 Å². The number of oxime groups is 1. The van der Waals surface area contributed by atoms with Crippen LogP contribution in [0.5, 0.6) is 0 Å². The Hall–Kier alpha value is -1.25. The molecule has 0 saturated heterocycles. The summed E-state index contributed by atoms with van der Waals surface area (Å²) in [5.41, 5.74) is 2.11. The third-order valence-corrected chi connectivity index (χ3v) is 3.72. The number of hydrogen-bond acceptors (Lipinski definition) is 3. The summed E-state index contributed by atoms with van der Waals surface area (Å²) in [6, 6.07) is 1.95. The molecule has 86 valence electrons. The van der Waals surface area contributed by atoms with Gasteiger partial charge in [0.05, 0.1) is 18.2 Å². The average Bonchev–Trinajstić information content (AvgIpc) is 3.01. The zero-order valence-electron chi connectivity index (χ0n) is 9.39. The van der Waals surface area contributed by atoms with Gasteiger partial charge in [-0.3, -0.25) is 0 Å². The standard InChI is InChI=1S/C13H17NO2/c1-2-4-10(5-3-1)13-8-12(14-16-13)11-6-7-15-9-11/h6-7,9-10,13H,1-5,8H2. The Labute approximate surface area is 95.5 Å². The van der Waals surface area contributed by atoms with Crippen LogP contribution in [-0.2, 0) is 4.84 Å². The van der Waals surface area contributed by atoms with Crippen LogP contribution in [0.1, 0.15) is 44.1 Å². The lowest BCUT2D eigenvalue weighted by molar-refractivity contribution is 0.0268. The van der Waals surface area contributed by atoms with Crippen LogP contribution >= 0.6 is 0 Å². The first-order chi connectivity index (χ1) is 7.93. The van der Waals surface area contributed by atoms with Gasteiger partial charge < -0.3 is 9.25 Å². The first-order valence-electron chi connectivity index (χ1n) is 6.19. The highest BCUT2D eigenvalue weighted by Crippen LogP contribution is 2.32. The Bertz CT molecular complexity index is 363. The quantitative estimate of drug-likeness (QED) is 0.764. The van der Waals surface area contributed by atoms with Crippen LogP contribution in [0.25, 0.3) is 0 Å². The fraction of sp³-hybridized carbons (Fsp3) is 0.615. The van der Waals surface area contributed by atoms with Gasteiger partial charge in [-0.1, -0.05) is 24.4 Å². The molecule has 1 aliphatic heterocycles. The van der Waals surface area contributed by atoms with Crippen molar-refractivity contribution in [2.45, 2.75) is 44.6 Å². The van der Waals surface area contributed by atoms with Crippen LogP contribution in [0.4, 0.5) is 0 Å². The number of nitrogens with zero attached hydrogens (tertiary/aromatic N) is 1. The van der Waals surface area contributed by atoms with Crippen LogP contribution in [0.3, 0.4) is 0 Å². The van der Waals surface area contributed by atoms with E-state index < -0.39 is 0 Å². The molecule has 0 N–H and O–H groups in total. The molecule has 1 unspecified atom stereocenters. The molecule has 0 aromatic carbocycles. The number of rotatable bonds is 2. The highest BCUT2D eigenvalue weighted by atomic mass is 16.6. The van der Waals surface area contributed by atoms with Gasteiger partial charge in [0.25, 0.3) is 0 Å². The van der Waals surface area contributed by atoms with Gasteiger partial charge in [0.2, 0.25) is 0 Å². The number of furan rings is 1. The van der Waals surface area contributed by atoms with Crippen LogP contribution in [0.15, 0.2) is 28.2 Å². The van der Waals surface area contributed by atoms with Gasteiger partial charge in [-0.15, -0.1) is 0 Å². The minimum Gasteiger partial charge on any atom is -0.472 e. The molecule has 3 nitrogen and oxygen atoms in total. The minimum atomic E-state index is 0.310. The van der Waals surface area contributed by atoms with Crippen molar-refractivity contribution in [2.75, 3.05) is 0 Å². The van der Waals surface area contributed by atoms with Gasteiger partial charge in [-0.2, -0.15) is 0 Å². The molecular formula is C13H17NO2. The van der Waals surface area contributed by atoms with Crippen molar-refractivity contribution in [2.24, 2.45) is 11.1 Å². The topological polar surface area (TPSA) is 34.7 Å². The molecule has 3 rings (SSSR count). The van der Waals surface area contributed by atoms with Crippen molar-refractivity contribution in [1.29, 1.82) is 0 Å². The molecule has 1 atom stereocenters. The van der Waals surface area contributed by atoms with E-state index in [1.807, 2.05) is 6.07 Å². The lowest BCUT2D eigenvalue weighted by atomic mass is 9.83. The van der Waals surface area contributed by atoms with Gasteiger partial charge in [0, 0.05) is 12.0 Å². The normalized spacial score (nSPS) is 26.5. The van der Waals surface area contributed by atoms with Gasteiger partial charge >= 0.3 is 0 Å². The third-order valence-electron chi connectivity index (χ3n) is 3.72. The van der Waals surface area contributed by atoms with Crippen molar-refractivity contribution < 1.29 is 9.25 Å². The van der Waals surface area contributed by atoms with E-state index in [-0.39, 0.29) is 0 Å².